The average molecular weight is 563 g/mol. The van der Waals surface area contributed by atoms with Gasteiger partial charge in [0, 0.05) is 49.6 Å². The molecule has 4 amide bonds. The van der Waals surface area contributed by atoms with E-state index < -0.39 is 0 Å². The molecule has 0 saturated carbocycles. The summed E-state index contributed by atoms with van der Waals surface area (Å²) in [5.41, 5.74) is 3.89. The lowest BCUT2D eigenvalue weighted by atomic mass is 10.0. The van der Waals surface area contributed by atoms with Gasteiger partial charge < -0.3 is 31.1 Å². The van der Waals surface area contributed by atoms with E-state index in [1.807, 2.05) is 48.5 Å². The third kappa shape index (κ3) is 10.7. The first-order chi connectivity index (χ1) is 20.0. The number of amides is 4. The molecule has 2 aliphatic rings. The summed E-state index contributed by atoms with van der Waals surface area (Å²) in [5, 5.41) is 11.8. The van der Waals surface area contributed by atoms with Crippen LogP contribution in [0.1, 0.15) is 76.3 Å². The molecule has 2 fully saturated rings. The summed E-state index contributed by atoms with van der Waals surface area (Å²) < 4.78 is 0. The van der Waals surface area contributed by atoms with Crippen molar-refractivity contribution in [2.24, 2.45) is 0 Å². The van der Waals surface area contributed by atoms with Crippen molar-refractivity contribution in [3.05, 3.63) is 59.7 Å². The van der Waals surface area contributed by atoms with Gasteiger partial charge in [0.2, 0.25) is 0 Å². The molecule has 8 heteroatoms. The number of hydrogen-bond acceptors (Lipinski definition) is 4. The highest BCUT2D eigenvalue weighted by molar-refractivity contribution is 5.89. The summed E-state index contributed by atoms with van der Waals surface area (Å²) in [7, 11) is 0. The summed E-state index contributed by atoms with van der Waals surface area (Å²) in [6, 6.07) is 16.9. The fourth-order valence-electron chi connectivity index (χ4n) is 5.95. The lowest BCUT2D eigenvalue weighted by molar-refractivity contribution is 0.159. The van der Waals surface area contributed by atoms with Crippen molar-refractivity contribution < 1.29 is 9.59 Å². The first-order valence-corrected chi connectivity index (χ1v) is 15.7. The number of likely N-dealkylation sites (tertiary alicyclic amines) is 2. The second-order valence-electron chi connectivity index (χ2n) is 11.8. The molecule has 224 valence electrons. The maximum atomic E-state index is 12.3. The van der Waals surface area contributed by atoms with Crippen molar-refractivity contribution in [2.75, 3.05) is 49.9 Å². The molecule has 41 heavy (non-hydrogen) atoms. The van der Waals surface area contributed by atoms with Crippen molar-refractivity contribution >= 4 is 23.4 Å². The van der Waals surface area contributed by atoms with Gasteiger partial charge in [-0.3, -0.25) is 0 Å². The van der Waals surface area contributed by atoms with E-state index in [0.717, 1.165) is 54.9 Å². The molecular weight excluding hydrogens is 512 g/mol. The van der Waals surface area contributed by atoms with E-state index in [1.165, 1.54) is 51.6 Å². The largest absolute Gasteiger partial charge is 0.338 e. The number of carbonyl (C=O) groups is 2. The molecule has 2 atom stereocenters. The lowest BCUT2D eigenvalue weighted by Crippen LogP contribution is -2.39. The summed E-state index contributed by atoms with van der Waals surface area (Å²) in [6.45, 7) is 10.4. The molecule has 2 aromatic carbocycles. The fraction of sp³-hybridized carbons (Fsp3) is 0.576. The molecule has 0 radical (unpaired) electrons. The summed E-state index contributed by atoms with van der Waals surface area (Å²) >= 11 is 0. The van der Waals surface area contributed by atoms with Gasteiger partial charge in [-0.05, 0) is 107 Å². The molecule has 4 rings (SSSR count). The Morgan fingerprint density at radius 3 is 1.46 bits per heavy atom. The Hall–Kier alpha value is -3.10. The second kappa shape index (κ2) is 16.4. The number of benzene rings is 2. The highest BCUT2D eigenvalue weighted by atomic mass is 16.2. The molecule has 2 saturated heterocycles. The molecule has 0 spiro atoms. The van der Waals surface area contributed by atoms with Crippen LogP contribution in [0.3, 0.4) is 0 Å². The summed E-state index contributed by atoms with van der Waals surface area (Å²) in [6.07, 6.45) is 10.5. The Morgan fingerprint density at radius 1 is 0.659 bits per heavy atom. The van der Waals surface area contributed by atoms with Crippen molar-refractivity contribution in [1.82, 2.24) is 20.4 Å². The maximum absolute atomic E-state index is 12.3. The normalized spacial score (nSPS) is 19.9. The van der Waals surface area contributed by atoms with Gasteiger partial charge >= 0.3 is 12.1 Å². The average Bonchev–Trinajstić information content (AvgIpc) is 2.97. The van der Waals surface area contributed by atoms with Gasteiger partial charge in [-0.15, -0.1) is 0 Å². The Kier molecular flexibility index (Phi) is 12.3. The Labute approximate surface area is 246 Å². The number of nitrogens with one attached hydrogen (secondary N) is 4. The van der Waals surface area contributed by atoms with Crippen LogP contribution in [-0.4, -0.2) is 73.2 Å². The highest BCUT2D eigenvalue weighted by Crippen LogP contribution is 2.18. The number of piperidine rings is 2. The third-order valence-electron chi connectivity index (χ3n) is 8.53. The topological polar surface area (TPSA) is 88.7 Å². The van der Waals surface area contributed by atoms with E-state index in [2.05, 4.69) is 44.9 Å². The van der Waals surface area contributed by atoms with E-state index >= 15 is 0 Å². The minimum atomic E-state index is -0.159. The minimum Gasteiger partial charge on any atom is -0.338 e. The van der Waals surface area contributed by atoms with Crippen LogP contribution in [0.2, 0.25) is 0 Å². The van der Waals surface area contributed by atoms with Crippen LogP contribution in [0.4, 0.5) is 21.0 Å². The molecule has 0 aliphatic carbocycles. The van der Waals surface area contributed by atoms with Crippen LogP contribution in [0, 0.1) is 0 Å². The molecule has 8 nitrogen and oxygen atoms in total. The number of anilines is 2. The fourth-order valence-corrected chi connectivity index (χ4v) is 5.95. The second-order valence-corrected chi connectivity index (χ2v) is 11.8. The third-order valence-corrected chi connectivity index (χ3v) is 8.53. The predicted octanol–water partition coefficient (Wildman–Crippen LogP) is 6.05. The molecule has 4 N–H and O–H groups in total. The quantitative estimate of drug-likeness (QED) is 0.237. The van der Waals surface area contributed by atoms with Crippen molar-refractivity contribution in [1.29, 1.82) is 0 Å². The number of carbonyl (C=O) groups excluding carboxylic acids is 2. The minimum absolute atomic E-state index is 0.159. The predicted molar refractivity (Wildman–Crippen MR) is 169 cm³/mol. The van der Waals surface area contributed by atoms with Crippen LogP contribution in [0.15, 0.2) is 48.5 Å². The van der Waals surface area contributed by atoms with Crippen molar-refractivity contribution in [3.63, 3.8) is 0 Å². The van der Waals surface area contributed by atoms with E-state index in [-0.39, 0.29) is 12.1 Å². The van der Waals surface area contributed by atoms with Crippen molar-refractivity contribution in [2.45, 2.75) is 83.7 Å². The van der Waals surface area contributed by atoms with Gasteiger partial charge in [-0.2, -0.15) is 0 Å². The van der Waals surface area contributed by atoms with Gasteiger partial charge in [0.25, 0.3) is 0 Å². The van der Waals surface area contributed by atoms with E-state index in [1.54, 1.807) is 0 Å². The van der Waals surface area contributed by atoms with Gasteiger partial charge in [0.15, 0.2) is 0 Å². The summed E-state index contributed by atoms with van der Waals surface area (Å²) in [4.78, 5) is 29.6. The molecule has 2 aliphatic heterocycles. The number of urea groups is 2. The maximum Gasteiger partial charge on any atom is 0.319 e. The smallest absolute Gasteiger partial charge is 0.319 e. The molecule has 2 aromatic rings. The van der Waals surface area contributed by atoms with Crippen LogP contribution in [-0.2, 0) is 6.42 Å². The van der Waals surface area contributed by atoms with Crippen molar-refractivity contribution in [3.8, 4) is 0 Å². The van der Waals surface area contributed by atoms with E-state index in [4.69, 9.17) is 0 Å². The summed E-state index contributed by atoms with van der Waals surface area (Å²) in [5.74, 6) is 0. The molecule has 0 aromatic heterocycles. The highest BCUT2D eigenvalue weighted by Gasteiger charge is 2.18. The van der Waals surface area contributed by atoms with Crippen LogP contribution >= 0.6 is 0 Å². The van der Waals surface area contributed by atoms with E-state index in [0.29, 0.717) is 25.2 Å². The van der Waals surface area contributed by atoms with Gasteiger partial charge in [-0.25, -0.2) is 9.59 Å². The number of rotatable bonds is 12. The lowest BCUT2D eigenvalue weighted by Gasteiger charge is -2.33. The molecular formula is C33H50N6O2. The zero-order chi connectivity index (χ0) is 28.9. The van der Waals surface area contributed by atoms with Gasteiger partial charge in [-0.1, -0.05) is 37.1 Å². The standard InChI is InChI=1S/C33H50N6O2/c1-26-9-3-5-21-38(26)23-7-19-34-32(40)36-30-15-11-28(12-16-30)25-29-13-17-31(18-14-29)37-33(41)35-20-8-24-39-22-6-4-10-27(39)2/h11-18,26-27H,3-10,19-25H2,1-2H3,(H2,34,36,40)(H2,35,37,41). The van der Waals surface area contributed by atoms with Gasteiger partial charge in [0.1, 0.15) is 0 Å². The zero-order valence-corrected chi connectivity index (χ0v) is 25.1. The van der Waals surface area contributed by atoms with Crippen LogP contribution < -0.4 is 21.3 Å². The Balaban J connectivity index is 1.10. The zero-order valence-electron chi connectivity index (χ0n) is 25.1. The first kappa shape index (κ1) is 30.8. The molecule has 2 heterocycles. The first-order valence-electron chi connectivity index (χ1n) is 15.7. The van der Waals surface area contributed by atoms with Gasteiger partial charge in [0.05, 0.1) is 0 Å². The number of nitrogens with zero attached hydrogens (tertiary/aromatic N) is 2. The van der Waals surface area contributed by atoms with E-state index in [9.17, 15) is 9.59 Å². The SMILES string of the molecule is CC1CCCCN1CCCNC(=O)Nc1ccc(Cc2ccc(NC(=O)NCCCN3CCCCC3C)cc2)cc1. The number of hydrogen-bond donors (Lipinski definition) is 4. The molecule has 0 bridgehead atoms. The monoisotopic (exact) mass is 562 g/mol. The Morgan fingerprint density at radius 2 is 1.07 bits per heavy atom. The molecule has 2 unspecified atom stereocenters. The van der Waals surface area contributed by atoms with Crippen LogP contribution in [0.5, 0.6) is 0 Å². The Bertz CT molecular complexity index is 989. The van der Waals surface area contributed by atoms with Crippen LogP contribution in [0.25, 0.3) is 0 Å².